The van der Waals surface area contributed by atoms with Crippen LogP contribution in [0, 0.1) is 20.2 Å². The molecule has 0 saturated carbocycles. The number of nitrogen functional groups attached to an aromatic ring is 1. The number of nitrogens with zero attached hydrogens (tertiary/aromatic N) is 3. The summed E-state index contributed by atoms with van der Waals surface area (Å²) in [6, 6.07) is 0.531. The van der Waals surface area contributed by atoms with Gasteiger partial charge in [-0.2, -0.15) is 13.2 Å². The Hall–Kier alpha value is -2.59. The van der Waals surface area contributed by atoms with E-state index in [0.717, 1.165) is 0 Å². The van der Waals surface area contributed by atoms with Crippen LogP contribution in [0.1, 0.15) is 32.3 Å². The molecule has 0 aliphatic carbocycles. The first-order valence-corrected chi connectivity index (χ1v) is 7.13. The molecule has 11 heteroatoms. The summed E-state index contributed by atoms with van der Waals surface area (Å²) in [6.07, 6.45) is -4.22. The topological polar surface area (TPSA) is 116 Å². The number of nitrogens with two attached hydrogens (primary N) is 1. The lowest BCUT2D eigenvalue weighted by Crippen LogP contribution is -2.28. The third kappa shape index (κ3) is 3.84. The largest absolute Gasteiger partial charge is 0.425 e. The second kappa shape index (κ2) is 7.32. The lowest BCUT2D eigenvalue weighted by Gasteiger charge is -2.24. The molecule has 0 unspecified atom stereocenters. The van der Waals surface area contributed by atoms with Crippen molar-refractivity contribution in [3.63, 3.8) is 0 Å². The number of alkyl halides is 3. The Kier molecular flexibility index (Phi) is 5.93. The molecule has 24 heavy (non-hydrogen) atoms. The molecule has 1 aromatic rings. The third-order valence-electron chi connectivity index (χ3n) is 3.25. The number of anilines is 2. The van der Waals surface area contributed by atoms with Gasteiger partial charge in [-0.15, -0.1) is 0 Å². The van der Waals surface area contributed by atoms with E-state index in [1.807, 2.05) is 0 Å². The highest BCUT2D eigenvalue weighted by Gasteiger charge is 2.46. The first-order valence-electron chi connectivity index (χ1n) is 7.13. The summed E-state index contributed by atoms with van der Waals surface area (Å²) in [7, 11) is 0. The summed E-state index contributed by atoms with van der Waals surface area (Å²) in [5.74, 6) is 0. The second-order valence-electron chi connectivity index (χ2n) is 5.06. The normalized spacial score (nSPS) is 11.4. The number of hydrogen-bond acceptors (Lipinski definition) is 6. The van der Waals surface area contributed by atoms with E-state index in [1.54, 1.807) is 13.8 Å². The Morgan fingerprint density at radius 3 is 1.96 bits per heavy atom. The van der Waals surface area contributed by atoms with E-state index < -0.39 is 44.3 Å². The van der Waals surface area contributed by atoms with Crippen LogP contribution >= 0.6 is 0 Å². The average Bonchev–Trinajstić information content (AvgIpc) is 2.44. The highest BCUT2D eigenvalue weighted by molar-refractivity contribution is 5.83. The van der Waals surface area contributed by atoms with Crippen LogP contribution in [0.15, 0.2) is 6.07 Å². The fourth-order valence-electron chi connectivity index (χ4n) is 2.47. The van der Waals surface area contributed by atoms with Gasteiger partial charge in [-0.05, 0) is 12.8 Å². The summed E-state index contributed by atoms with van der Waals surface area (Å²) in [5.41, 5.74) is -0.299. The van der Waals surface area contributed by atoms with Gasteiger partial charge in [0.05, 0.1) is 15.5 Å². The Morgan fingerprint density at radius 1 is 1.12 bits per heavy atom. The van der Waals surface area contributed by atoms with Crippen molar-refractivity contribution in [3.05, 3.63) is 31.9 Å². The second-order valence-corrected chi connectivity index (χ2v) is 5.06. The van der Waals surface area contributed by atoms with E-state index in [9.17, 15) is 33.4 Å². The number of hydrogen-bond donors (Lipinski definition) is 1. The van der Waals surface area contributed by atoms with E-state index in [2.05, 4.69) is 0 Å². The molecule has 0 saturated heterocycles. The monoisotopic (exact) mass is 350 g/mol. The average molecular weight is 350 g/mol. The zero-order chi connectivity index (χ0) is 18.7. The Labute approximate surface area is 135 Å². The molecule has 1 aromatic carbocycles. The molecule has 0 spiro atoms. The SMILES string of the molecule is CCCN(CCC)c1c([N+](=O)[O-])cc(N)c(C(F)(F)F)c1[N+](=O)[O-]. The van der Waals surface area contributed by atoms with Crippen LogP contribution in [0.2, 0.25) is 0 Å². The van der Waals surface area contributed by atoms with Gasteiger partial charge >= 0.3 is 17.6 Å². The Morgan fingerprint density at radius 2 is 1.62 bits per heavy atom. The summed E-state index contributed by atoms with van der Waals surface area (Å²) < 4.78 is 39.7. The van der Waals surface area contributed by atoms with Crippen molar-refractivity contribution in [2.45, 2.75) is 32.9 Å². The van der Waals surface area contributed by atoms with Crippen LogP contribution in [-0.2, 0) is 6.18 Å². The third-order valence-corrected chi connectivity index (χ3v) is 3.25. The van der Waals surface area contributed by atoms with Gasteiger partial charge in [-0.25, -0.2) is 0 Å². The first kappa shape index (κ1) is 19.5. The molecule has 0 heterocycles. The Bertz CT molecular complexity index is 643. The van der Waals surface area contributed by atoms with Gasteiger partial charge in [0.2, 0.25) is 0 Å². The number of benzene rings is 1. The predicted molar refractivity (Wildman–Crippen MR) is 82.0 cm³/mol. The number of nitro benzene ring substituents is 2. The van der Waals surface area contributed by atoms with Crippen molar-refractivity contribution >= 4 is 22.7 Å². The highest BCUT2D eigenvalue weighted by atomic mass is 19.4. The summed E-state index contributed by atoms with van der Waals surface area (Å²) in [5, 5.41) is 22.6. The van der Waals surface area contributed by atoms with Crippen molar-refractivity contribution < 1.29 is 23.0 Å². The van der Waals surface area contributed by atoms with Gasteiger partial charge in [-0.3, -0.25) is 20.2 Å². The first-order chi connectivity index (χ1) is 11.1. The minimum absolute atomic E-state index is 0.136. The van der Waals surface area contributed by atoms with Crippen LogP contribution in [0.4, 0.5) is 35.9 Å². The summed E-state index contributed by atoms with van der Waals surface area (Å²) in [6.45, 7) is 3.69. The number of rotatable bonds is 7. The predicted octanol–water partition coefficient (Wildman–Crippen LogP) is 3.73. The molecule has 0 aliphatic heterocycles. The molecule has 0 bridgehead atoms. The van der Waals surface area contributed by atoms with E-state index in [0.29, 0.717) is 18.9 Å². The van der Waals surface area contributed by atoms with E-state index >= 15 is 0 Å². The molecule has 2 N–H and O–H groups in total. The molecule has 0 radical (unpaired) electrons. The maximum absolute atomic E-state index is 13.2. The van der Waals surface area contributed by atoms with Crippen LogP contribution in [0.25, 0.3) is 0 Å². The van der Waals surface area contributed by atoms with Crippen LogP contribution in [0.3, 0.4) is 0 Å². The van der Waals surface area contributed by atoms with E-state index in [1.165, 1.54) is 4.90 Å². The molecule has 0 aromatic heterocycles. The molecule has 0 aliphatic rings. The molecular weight excluding hydrogens is 333 g/mol. The Balaban J connectivity index is 3.92. The number of nitro groups is 2. The smallest absolute Gasteiger partial charge is 0.398 e. The van der Waals surface area contributed by atoms with Gasteiger partial charge in [0.1, 0.15) is 0 Å². The minimum Gasteiger partial charge on any atom is -0.398 e. The van der Waals surface area contributed by atoms with Gasteiger partial charge < -0.3 is 10.6 Å². The summed E-state index contributed by atoms with van der Waals surface area (Å²) >= 11 is 0. The lowest BCUT2D eigenvalue weighted by atomic mass is 10.0. The van der Waals surface area contributed by atoms with Crippen LogP contribution in [-0.4, -0.2) is 22.9 Å². The molecule has 8 nitrogen and oxygen atoms in total. The molecule has 0 fully saturated rings. The van der Waals surface area contributed by atoms with Crippen molar-refractivity contribution in [1.29, 1.82) is 0 Å². The molecule has 0 amide bonds. The molecular formula is C13H17F3N4O4. The molecule has 0 atom stereocenters. The molecule has 134 valence electrons. The van der Waals surface area contributed by atoms with Crippen molar-refractivity contribution in [2.24, 2.45) is 0 Å². The quantitative estimate of drug-likeness (QED) is 0.455. The zero-order valence-corrected chi connectivity index (χ0v) is 13.1. The van der Waals surface area contributed by atoms with Crippen molar-refractivity contribution in [2.75, 3.05) is 23.7 Å². The highest BCUT2D eigenvalue weighted by Crippen LogP contribution is 2.49. The summed E-state index contributed by atoms with van der Waals surface area (Å²) in [4.78, 5) is 21.6. The maximum atomic E-state index is 13.2. The molecule has 1 rings (SSSR count). The fourth-order valence-corrected chi connectivity index (χ4v) is 2.47. The van der Waals surface area contributed by atoms with E-state index in [-0.39, 0.29) is 13.1 Å². The van der Waals surface area contributed by atoms with Crippen molar-refractivity contribution in [1.82, 2.24) is 0 Å². The van der Waals surface area contributed by atoms with Gasteiger partial charge in [0.25, 0.3) is 0 Å². The van der Waals surface area contributed by atoms with Crippen LogP contribution in [0.5, 0.6) is 0 Å². The maximum Gasteiger partial charge on any atom is 0.425 e. The van der Waals surface area contributed by atoms with E-state index in [4.69, 9.17) is 5.73 Å². The van der Waals surface area contributed by atoms with Gasteiger partial charge in [0.15, 0.2) is 11.3 Å². The minimum atomic E-state index is -5.11. The van der Waals surface area contributed by atoms with Crippen molar-refractivity contribution in [3.8, 4) is 0 Å². The fraction of sp³-hybridized carbons (Fsp3) is 0.538. The van der Waals surface area contributed by atoms with Gasteiger partial charge in [-0.1, -0.05) is 13.8 Å². The van der Waals surface area contributed by atoms with Crippen LogP contribution < -0.4 is 10.6 Å². The standard InChI is InChI=1S/C13H17F3N4O4/c1-3-5-18(6-4-2)11-9(19(21)22)7-8(17)10(13(14,15)16)12(11)20(23)24/h7H,3-6,17H2,1-2H3. The van der Waals surface area contributed by atoms with Gasteiger partial charge in [0, 0.05) is 19.2 Å². The zero-order valence-electron chi connectivity index (χ0n) is 13.1. The number of halogens is 3. The lowest BCUT2D eigenvalue weighted by molar-refractivity contribution is -0.394.